The highest BCUT2D eigenvalue weighted by Crippen LogP contribution is 2.28. The van der Waals surface area contributed by atoms with Gasteiger partial charge in [-0.25, -0.2) is 33.1 Å². The molecule has 3 aromatic heterocycles. The number of para-hydroxylation sites is 1. The summed E-state index contributed by atoms with van der Waals surface area (Å²) in [4.78, 5) is 38.2. The third kappa shape index (κ3) is 6.82. The normalized spacial score (nSPS) is 15.0. The molecule has 1 saturated heterocycles. The van der Waals surface area contributed by atoms with Crippen molar-refractivity contribution in [2.75, 3.05) is 50.5 Å². The molecular weight excluding hydrogens is 559 g/mol. The van der Waals surface area contributed by atoms with Gasteiger partial charge in [0.2, 0.25) is 5.95 Å². The van der Waals surface area contributed by atoms with Gasteiger partial charge >= 0.3 is 0 Å². The summed E-state index contributed by atoms with van der Waals surface area (Å²) in [5.41, 5.74) is 2.80. The Morgan fingerprint density at radius 2 is 1.84 bits per heavy atom. The average molecular weight is 594 g/mol. The molecule has 2 N–H and O–H groups in total. The number of pyridine rings is 1. The fourth-order valence-electron chi connectivity index (χ4n) is 5.44. The van der Waals surface area contributed by atoms with Crippen molar-refractivity contribution >= 4 is 28.6 Å². The Morgan fingerprint density at radius 1 is 1.09 bits per heavy atom. The third-order valence-corrected chi connectivity index (χ3v) is 7.87. The van der Waals surface area contributed by atoms with Crippen molar-refractivity contribution in [2.24, 2.45) is 0 Å². The average Bonchev–Trinajstić information content (AvgIpc) is 3.03. The predicted molar refractivity (Wildman–Crippen MR) is 159 cm³/mol. The van der Waals surface area contributed by atoms with Crippen LogP contribution in [0.15, 0.2) is 49.2 Å². The Kier molecular flexibility index (Phi) is 9.29. The first-order valence-corrected chi connectivity index (χ1v) is 14.2. The Labute approximate surface area is 247 Å². The van der Waals surface area contributed by atoms with E-state index in [2.05, 4.69) is 35.6 Å². The Hall–Kier alpha value is -4.39. The van der Waals surface area contributed by atoms with E-state index in [4.69, 9.17) is 0 Å². The van der Waals surface area contributed by atoms with Crippen molar-refractivity contribution in [3.05, 3.63) is 66.1 Å². The minimum absolute atomic E-state index is 0.0235. The number of hydrogen-bond donors (Lipinski definition) is 2. The summed E-state index contributed by atoms with van der Waals surface area (Å²) in [5, 5.41) is 6.28. The number of rotatable bonds is 10. The maximum Gasteiger partial charge on any atom is 0.254 e. The van der Waals surface area contributed by atoms with Crippen molar-refractivity contribution in [2.45, 2.75) is 38.2 Å². The summed E-state index contributed by atoms with van der Waals surface area (Å²) in [7, 11) is 3.39. The number of anilines is 2. The Bertz CT molecular complexity index is 1560. The number of piperidine rings is 1. The number of aromatic nitrogens is 5. The molecule has 1 aliphatic rings. The molecule has 1 fully saturated rings. The van der Waals surface area contributed by atoms with Gasteiger partial charge in [-0.3, -0.25) is 14.7 Å². The van der Waals surface area contributed by atoms with E-state index >= 15 is 0 Å². The second-order valence-electron chi connectivity index (χ2n) is 10.7. The molecule has 0 saturated carbocycles. The van der Waals surface area contributed by atoms with Crippen LogP contribution in [0.25, 0.3) is 22.2 Å². The van der Waals surface area contributed by atoms with Gasteiger partial charge < -0.3 is 15.5 Å². The maximum atomic E-state index is 14.4. The molecule has 0 bridgehead atoms. The van der Waals surface area contributed by atoms with E-state index in [1.54, 1.807) is 29.4 Å². The van der Waals surface area contributed by atoms with E-state index in [1.807, 2.05) is 31.0 Å². The molecule has 0 radical (unpaired) electrons. The highest BCUT2D eigenvalue weighted by molar-refractivity contribution is 6.06. The number of alkyl halides is 2. The fourth-order valence-corrected chi connectivity index (χ4v) is 5.44. The maximum absolute atomic E-state index is 14.4. The third-order valence-electron chi connectivity index (χ3n) is 7.87. The topological polar surface area (TPSA) is 112 Å². The van der Waals surface area contributed by atoms with Crippen LogP contribution in [0.5, 0.6) is 0 Å². The van der Waals surface area contributed by atoms with Gasteiger partial charge in [-0.15, -0.1) is 0 Å². The summed E-state index contributed by atoms with van der Waals surface area (Å²) >= 11 is 0. The van der Waals surface area contributed by atoms with Crippen LogP contribution in [0.3, 0.4) is 0 Å². The number of nitrogens with zero attached hydrogens (tertiary/aromatic N) is 7. The van der Waals surface area contributed by atoms with Crippen molar-refractivity contribution in [3.63, 3.8) is 0 Å². The zero-order chi connectivity index (χ0) is 30.5. The highest BCUT2D eigenvalue weighted by atomic mass is 19.3. The Balaban J connectivity index is 1.24. The van der Waals surface area contributed by atoms with Gasteiger partial charge in [-0.2, -0.15) is 0 Å². The van der Waals surface area contributed by atoms with Gasteiger partial charge in [0.25, 0.3) is 12.3 Å². The molecule has 1 aromatic carbocycles. The van der Waals surface area contributed by atoms with Crippen molar-refractivity contribution in [3.8, 4) is 11.3 Å². The number of hydrogen-bond acceptors (Lipinski definition) is 9. The van der Waals surface area contributed by atoms with Crippen LogP contribution in [-0.4, -0.2) is 88.5 Å². The largest absolute Gasteiger partial charge is 0.369 e. The van der Waals surface area contributed by atoms with E-state index in [0.29, 0.717) is 48.0 Å². The lowest BCUT2D eigenvalue weighted by molar-refractivity contribution is 0.0754. The highest BCUT2D eigenvalue weighted by Gasteiger charge is 2.25. The summed E-state index contributed by atoms with van der Waals surface area (Å²) in [5.74, 6) is -0.0323. The second-order valence-corrected chi connectivity index (χ2v) is 10.7. The van der Waals surface area contributed by atoms with E-state index < -0.39 is 18.1 Å². The number of fused-ring (bicyclic) bond motifs is 1. The van der Waals surface area contributed by atoms with Crippen molar-refractivity contribution < 1.29 is 18.0 Å². The molecule has 0 spiro atoms. The summed E-state index contributed by atoms with van der Waals surface area (Å²) in [6.07, 6.45) is 5.20. The first-order chi connectivity index (χ1) is 20.7. The molecular formula is C30H34F3N9O. The summed E-state index contributed by atoms with van der Waals surface area (Å²) in [6.45, 7) is 3.58. The standard InChI is InChI=1S/C30H34F3N9O/c1-18(21-5-4-6-22-27(29(43)34-2)23(31)15-36-28(21)22)12-35-26-11-24(39-17-40-26)19-13-37-30(38-14-19)41(3)20-7-9-42(10-8-20)16-25(32)33/h4-6,11,13-15,17-18,20,25H,7-10,12,16H2,1-3H3,(H,34,43)(H,35,39,40). The van der Waals surface area contributed by atoms with Gasteiger partial charge in [0.15, 0.2) is 5.82 Å². The molecule has 1 atom stereocenters. The lowest BCUT2D eigenvalue weighted by Crippen LogP contribution is -2.45. The number of halogens is 3. The van der Waals surface area contributed by atoms with Crippen LogP contribution < -0.4 is 15.5 Å². The van der Waals surface area contributed by atoms with E-state index in [0.717, 1.165) is 30.2 Å². The van der Waals surface area contributed by atoms with Crippen LogP contribution in [0, 0.1) is 5.82 Å². The van der Waals surface area contributed by atoms with Gasteiger partial charge in [0, 0.05) is 75.1 Å². The molecule has 1 aliphatic heterocycles. The van der Waals surface area contributed by atoms with Crippen molar-refractivity contribution in [1.29, 1.82) is 0 Å². The molecule has 43 heavy (non-hydrogen) atoms. The van der Waals surface area contributed by atoms with Gasteiger partial charge in [-0.1, -0.05) is 25.1 Å². The number of nitrogens with one attached hydrogen (secondary N) is 2. The minimum Gasteiger partial charge on any atom is -0.369 e. The van der Waals surface area contributed by atoms with Crippen molar-refractivity contribution in [1.82, 2.24) is 35.1 Å². The lowest BCUT2D eigenvalue weighted by atomic mass is 9.96. The van der Waals surface area contributed by atoms with Gasteiger partial charge in [-0.05, 0) is 18.4 Å². The molecule has 1 unspecified atom stereocenters. The smallest absolute Gasteiger partial charge is 0.254 e. The van der Waals surface area contributed by atoms with E-state index in [9.17, 15) is 18.0 Å². The van der Waals surface area contributed by atoms with Crippen LogP contribution in [-0.2, 0) is 0 Å². The van der Waals surface area contributed by atoms with Gasteiger partial charge in [0.1, 0.15) is 12.1 Å². The molecule has 5 rings (SSSR count). The van der Waals surface area contributed by atoms with E-state index in [1.165, 1.54) is 13.4 Å². The lowest BCUT2D eigenvalue weighted by Gasteiger charge is -2.36. The predicted octanol–water partition coefficient (Wildman–Crippen LogP) is 4.36. The fraction of sp³-hybridized carbons (Fsp3) is 0.400. The molecule has 10 nitrogen and oxygen atoms in total. The summed E-state index contributed by atoms with van der Waals surface area (Å²) < 4.78 is 39.8. The SMILES string of the molecule is CNC(=O)c1c(F)cnc2c(C(C)CNc3cc(-c4cnc(N(C)C5CCN(CC(F)F)CC5)nc4)ncn3)cccc12. The zero-order valence-electron chi connectivity index (χ0n) is 24.3. The summed E-state index contributed by atoms with van der Waals surface area (Å²) in [6, 6.07) is 7.40. The monoisotopic (exact) mass is 593 g/mol. The van der Waals surface area contributed by atoms with Gasteiger partial charge in [0.05, 0.1) is 29.5 Å². The number of likely N-dealkylation sites (tertiary alicyclic amines) is 1. The molecule has 226 valence electrons. The minimum atomic E-state index is -2.32. The molecule has 0 aliphatic carbocycles. The van der Waals surface area contributed by atoms with Crippen LogP contribution in [0.2, 0.25) is 0 Å². The molecule has 4 aromatic rings. The first-order valence-electron chi connectivity index (χ1n) is 14.2. The molecule has 1 amide bonds. The first kappa shape index (κ1) is 30.1. The van der Waals surface area contributed by atoms with Crippen LogP contribution >= 0.6 is 0 Å². The number of benzene rings is 1. The van der Waals surface area contributed by atoms with Crippen LogP contribution in [0.4, 0.5) is 24.9 Å². The molecule has 4 heterocycles. The zero-order valence-corrected chi connectivity index (χ0v) is 24.3. The van der Waals surface area contributed by atoms with Crippen LogP contribution in [0.1, 0.15) is 41.6 Å². The number of amides is 1. The van der Waals surface area contributed by atoms with E-state index in [-0.39, 0.29) is 24.1 Å². The quantitative estimate of drug-likeness (QED) is 0.277. The number of carbonyl (C=O) groups is 1. The number of carbonyl (C=O) groups excluding carboxylic acids is 1. The second kappa shape index (κ2) is 13.3. The molecule has 13 heteroatoms. The Morgan fingerprint density at radius 3 is 2.53 bits per heavy atom.